The molecule has 1 aliphatic heterocycles. The van der Waals surface area contributed by atoms with Crippen molar-refractivity contribution < 1.29 is 43.9 Å². The van der Waals surface area contributed by atoms with Gasteiger partial charge in [-0.15, -0.1) is 0 Å². The molecule has 0 bridgehead atoms. The van der Waals surface area contributed by atoms with Crippen molar-refractivity contribution in [2.75, 3.05) is 7.11 Å². The molecule has 0 aromatic heterocycles. The Morgan fingerprint density at radius 2 is 1.81 bits per heavy atom. The Balaban J connectivity index is 1.70. The largest absolute Gasteiger partial charge is 0.507 e. The molecule has 0 spiro atoms. The molecular weight excluding hydrogens is 482 g/mol. The highest BCUT2D eigenvalue weighted by atomic mass is 16.7. The maximum atomic E-state index is 13.6. The number of methoxy groups -OCH3 is 1. The van der Waals surface area contributed by atoms with E-state index < -0.39 is 52.4 Å². The first-order valence-corrected chi connectivity index (χ1v) is 12.1. The summed E-state index contributed by atoms with van der Waals surface area (Å²) in [6.07, 6.45) is -1.85. The van der Waals surface area contributed by atoms with E-state index in [2.05, 4.69) is 0 Å². The van der Waals surface area contributed by atoms with Crippen LogP contribution in [-0.4, -0.2) is 63.8 Å². The zero-order valence-corrected chi connectivity index (χ0v) is 20.7. The molecule has 2 aromatic rings. The van der Waals surface area contributed by atoms with E-state index in [1.807, 2.05) is 6.92 Å². The number of phenols is 2. The number of fused-ring (bicyclic) bond motifs is 3. The zero-order valence-electron chi connectivity index (χ0n) is 20.7. The standard InChI is InChI=1S/C27H29NO9/c1-11-7-13(28)8-18(36-11)37-17-10-27(34,12(2)29)9-15-20(17)26(33)22-21(24(15)31)23(30)14-5-4-6-16(35-3)19(14)25(22)32/h4-6,11,13,17-18,31,33-34H,7-10,28H2,1-3H3/t11-,13+,17+,18-,27+/m1/s1. The predicted molar refractivity (Wildman–Crippen MR) is 129 cm³/mol. The molecule has 2 aliphatic carbocycles. The highest BCUT2D eigenvalue weighted by molar-refractivity contribution is 6.31. The third kappa shape index (κ3) is 3.91. The number of hydrogen-bond acceptors (Lipinski definition) is 10. The highest BCUT2D eigenvalue weighted by Gasteiger charge is 2.49. The number of rotatable bonds is 4. The van der Waals surface area contributed by atoms with Crippen molar-refractivity contribution in [2.24, 2.45) is 5.73 Å². The van der Waals surface area contributed by atoms with Gasteiger partial charge in [0.2, 0.25) is 5.78 Å². The Hall–Kier alpha value is -3.31. The van der Waals surface area contributed by atoms with Crippen LogP contribution in [-0.2, 0) is 20.7 Å². The van der Waals surface area contributed by atoms with Crippen molar-refractivity contribution in [3.05, 3.63) is 51.6 Å². The Morgan fingerprint density at radius 3 is 2.46 bits per heavy atom. The first kappa shape index (κ1) is 25.3. The van der Waals surface area contributed by atoms with Crippen molar-refractivity contribution in [1.29, 1.82) is 0 Å². The van der Waals surface area contributed by atoms with Crippen LogP contribution in [0.2, 0.25) is 0 Å². The molecule has 1 saturated heterocycles. The molecular formula is C27H29NO9. The Labute approximate surface area is 212 Å². The van der Waals surface area contributed by atoms with E-state index in [0.29, 0.717) is 12.8 Å². The molecule has 2 aromatic carbocycles. The van der Waals surface area contributed by atoms with Crippen LogP contribution in [0.25, 0.3) is 0 Å². The third-order valence-corrected chi connectivity index (χ3v) is 7.56. The molecule has 10 nitrogen and oxygen atoms in total. The summed E-state index contributed by atoms with van der Waals surface area (Å²) in [6.45, 7) is 3.05. The monoisotopic (exact) mass is 511 g/mol. The maximum Gasteiger partial charge on any atom is 0.202 e. The summed E-state index contributed by atoms with van der Waals surface area (Å²) >= 11 is 0. The van der Waals surface area contributed by atoms with E-state index in [9.17, 15) is 29.7 Å². The van der Waals surface area contributed by atoms with Gasteiger partial charge in [0.15, 0.2) is 17.9 Å². The summed E-state index contributed by atoms with van der Waals surface area (Å²) in [4.78, 5) is 39.6. The number of phenolic OH excluding ortho intramolecular Hbond substituents is 2. The van der Waals surface area contributed by atoms with Gasteiger partial charge >= 0.3 is 0 Å². The van der Waals surface area contributed by atoms with Crippen LogP contribution in [0, 0.1) is 0 Å². The SMILES string of the molecule is COc1cccc2c1C(=O)c1c(O)c3c(c(O)c1C2=O)C[C@@](O)(C(C)=O)C[C@@H]3O[C@@H]1C[C@@H](N)C[C@@H](C)O1. The number of ketones is 3. The second kappa shape index (κ2) is 8.91. The van der Waals surface area contributed by atoms with Gasteiger partial charge < -0.3 is 35.3 Å². The van der Waals surface area contributed by atoms with Crippen LogP contribution in [0.15, 0.2) is 18.2 Å². The van der Waals surface area contributed by atoms with Gasteiger partial charge in [0.05, 0.1) is 36.0 Å². The minimum Gasteiger partial charge on any atom is -0.507 e. The van der Waals surface area contributed by atoms with E-state index in [0.717, 1.165) is 0 Å². The first-order valence-electron chi connectivity index (χ1n) is 12.1. The Kier molecular flexibility index (Phi) is 6.11. The molecule has 1 fully saturated rings. The van der Waals surface area contributed by atoms with Crippen LogP contribution in [0.4, 0.5) is 0 Å². The van der Waals surface area contributed by atoms with Gasteiger partial charge in [-0.1, -0.05) is 12.1 Å². The minimum atomic E-state index is -1.94. The number of carbonyl (C=O) groups excluding carboxylic acids is 3. The highest BCUT2D eigenvalue weighted by Crippen LogP contribution is 2.52. The van der Waals surface area contributed by atoms with Crippen molar-refractivity contribution in [1.82, 2.24) is 0 Å². The van der Waals surface area contributed by atoms with E-state index >= 15 is 0 Å². The summed E-state index contributed by atoms with van der Waals surface area (Å²) in [5.74, 6) is -2.96. The van der Waals surface area contributed by atoms with Gasteiger partial charge in [0, 0.05) is 42.0 Å². The Bertz CT molecular complexity index is 1330. The quantitative estimate of drug-likeness (QED) is 0.381. The molecule has 5 rings (SSSR count). The van der Waals surface area contributed by atoms with Crippen molar-refractivity contribution in [3.8, 4) is 17.2 Å². The second-order valence-corrected chi connectivity index (χ2v) is 10.1. The van der Waals surface area contributed by atoms with Crippen LogP contribution >= 0.6 is 0 Å². The van der Waals surface area contributed by atoms with Crippen LogP contribution in [0.1, 0.15) is 82.2 Å². The lowest BCUT2D eigenvalue weighted by Gasteiger charge is -2.41. The van der Waals surface area contributed by atoms with Crippen LogP contribution in [0.3, 0.4) is 0 Å². The van der Waals surface area contributed by atoms with E-state index in [1.54, 1.807) is 0 Å². The fraction of sp³-hybridized carbons (Fsp3) is 0.444. The molecule has 37 heavy (non-hydrogen) atoms. The van der Waals surface area contributed by atoms with Crippen molar-refractivity contribution in [2.45, 2.75) is 69.7 Å². The fourth-order valence-electron chi connectivity index (χ4n) is 5.71. The van der Waals surface area contributed by atoms with Gasteiger partial charge in [-0.2, -0.15) is 0 Å². The van der Waals surface area contributed by atoms with E-state index in [1.165, 1.54) is 32.2 Å². The summed E-state index contributed by atoms with van der Waals surface area (Å²) in [6, 6.07) is 4.28. The van der Waals surface area contributed by atoms with Gasteiger partial charge in [0.25, 0.3) is 0 Å². The number of nitrogens with two attached hydrogens (primary N) is 1. The topological polar surface area (TPSA) is 166 Å². The summed E-state index contributed by atoms with van der Waals surface area (Å²) in [5, 5.41) is 34.0. The average molecular weight is 512 g/mol. The fourth-order valence-corrected chi connectivity index (χ4v) is 5.71. The molecule has 5 N–H and O–H groups in total. The third-order valence-electron chi connectivity index (χ3n) is 7.56. The zero-order chi connectivity index (χ0) is 26.8. The molecule has 5 atom stereocenters. The number of aromatic hydroxyl groups is 2. The minimum absolute atomic E-state index is 0.00974. The molecule has 0 saturated carbocycles. The lowest BCUT2D eigenvalue weighted by molar-refractivity contribution is -0.225. The van der Waals surface area contributed by atoms with E-state index in [4.69, 9.17) is 19.9 Å². The van der Waals surface area contributed by atoms with Crippen LogP contribution in [0.5, 0.6) is 17.2 Å². The predicted octanol–water partition coefficient (Wildman–Crippen LogP) is 2.06. The number of aliphatic hydroxyl groups is 1. The molecule has 10 heteroatoms. The first-order chi connectivity index (χ1) is 17.5. The second-order valence-electron chi connectivity index (χ2n) is 10.1. The van der Waals surface area contributed by atoms with Gasteiger partial charge in [0.1, 0.15) is 22.8 Å². The molecule has 1 heterocycles. The number of Topliss-reactive ketones (excluding diaryl/α,β-unsaturated/α-hetero) is 1. The van der Waals surface area contributed by atoms with Crippen molar-refractivity contribution in [3.63, 3.8) is 0 Å². The number of carbonyl (C=O) groups is 3. The Morgan fingerprint density at radius 1 is 1.11 bits per heavy atom. The van der Waals surface area contributed by atoms with Crippen LogP contribution < -0.4 is 10.5 Å². The molecule has 196 valence electrons. The molecule has 3 aliphatic rings. The smallest absolute Gasteiger partial charge is 0.202 e. The number of hydrogen-bond donors (Lipinski definition) is 4. The van der Waals surface area contributed by atoms with Gasteiger partial charge in [-0.05, 0) is 26.3 Å². The lowest BCUT2D eigenvalue weighted by atomic mass is 9.72. The lowest BCUT2D eigenvalue weighted by Crippen LogP contribution is -2.46. The normalized spacial score (nSPS) is 28.8. The summed E-state index contributed by atoms with van der Waals surface area (Å²) in [7, 11) is 1.36. The average Bonchev–Trinajstić information content (AvgIpc) is 2.83. The number of ether oxygens (including phenoxy) is 3. The number of benzene rings is 2. The molecule has 0 unspecified atom stereocenters. The van der Waals surface area contributed by atoms with Crippen molar-refractivity contribution >= 4 is 17.3 Å². The summed E-state index contributed by atoms with van der Waals surface area (Å²) < 4.78 is 17.3. The molecule has 0 amide bonds. The molecule has 0 radical (unpaired) electrons. The summed E-state index contributed by atoms with van der Waals surface area (Å²) in [5.41, 5.74) is 3.38. The van der Waals surface area contributed by atoms with Gasteiger partial charge in [-0.25, -0.2) is 0 Å². The maximum absolute atomic E-state index is 13.6. The van der Waals surface area contributed by atoms with E-state index in [-0.39, 0.29) is 58.6 Å². The van der Waals surface area contributed by atoms with Gasteiger partial charge in [-0.3, -0.25) is 14.4 Å².